The summed E-state index contributed by atoms with van der Waals surface area (Å²) in [5.41, 5.74) is 3.62. The second-order valence-electron chi connectivity index (χ2n) is 8.07. The Hall–Kier alpha value is -3.64. The summed E-state index contributed by atoms with van der Waals surface area (Å²) >= 11 is 0. The van der Waals surface area contributed by atoms with Crippen LogP contribution in [0, 0.1) is 0 Å². The number of halogens is 1. The number of furan rings is 1. The van der Waals surface area contributed by atoms with Crippen LogP contribution >= 0.6 is 0 Å². The SMILES string of the molecule is CCc1n(CC(=O)c2ccc(O)cc2)cc[n+]1Cc1c(-c2ccccc2)oc2ccccc12.[Br-]. The van der Waals surface area contributed by atoms with Crippen molar-refractivity contribution in [1.29, 1.82) is 0 Å². The van der Waals surface area contributed by atoms with Crippen LogP contribution in [0.4, 0.5) is 0 Å². The maximum absolute atomic E-state index is 12.8. The maximum Gasteiger partial charge on any atom is 0.256 e. The Labute approximate surface area is 208 Å². The number of nitrogens with zero attached hydrogens (tertiary/aromatic N) is 2. The van der Waals surface area contributed by atoms with Crippen LogP contribution in [0.3, 0.4) is 0 Å². The lowest BCUT2D eigenvalue weighted by molar-refractivity contribution is -0.695. The Morgan fingerprint density at radius 3 is 2.41 bits per heavy atom. The first kappa shape index (κ1) is 23.5. The number of hydrogen-bond acceptors (Lipinski definition) is 3. The molecular weight excluding hydrogens is 492 g/mol. The van der Waals surface area contributed by atoms with Crippen molar-refractivity contribution >= 4 is 16.8 Å². The molecule has 0 amide bonds. The van der Waals surface area contributed by atoms with E-state index < -0.39 is 0 Å². The van der Waals surface area contributed by atoms with E-state index in [1.165, 1.54) is 0 Å². The molecule has 0 saturated carbocycles. The zero-order valence-corrected chi connectivity index (χ0v) is 20.4. The van der Waals surface area contributed by atoms with Crippen LogP contribution in [0.5, 0.6) is 5.75 Å². The molecule has 0 aliphatic rings. The summed E-state index contributed by atoms with van der Waals surface area (Å²) in [7, 11) is 0. The fourth-order valence-electron chi connectivity index (χ4n) is 4.33. The number of benzene rings is 3. The van der Waals surface area contributed by atoms with E-state index in [4.69, 9.17) is 4.42 Å². The molecule has 5 aromatic rings. The highest BCUT2D eigenvalue weighted by Crippen LogP contribution is 2.33. The monoisotopic (exact) mass is 516 g/mol. The number of phenolic OH excluding ortho intramolecular Hbond substituents is 1. The van der Waals surface area contributed by atoms with E-state index in [1.54, 1.807) is 24.3 Å². The molecule has 5 nitrogen and oxygen atoms in total. The van der Waals surface area contributed by atoms with Gasteiger partial charge in [-0.15, -0.1) is 0 Å². The number of carbonyl (C=O) groups excluding carboxylic acids is 1. The van der Waals surface area contributed by atoms with Gasteiger partial charge in [0.1, 0.15) is 36.0 Å². The number of Topliss-reactive ketones (excluding diaryl/α,β-unsaturated/α-hetero) is 1. The summed E-state index contributed by atoms with van der Waals surface area (Å²) in [4.78, 5) is 12.8. The molecule has 0 saturated heterocycles. The number of hydrogen-bond donors (Lipinski definition) is 1. The lowest BCUT2D eigenvalue weighted by Crippen LogP contribution is -3.00. The summed E-state index contributed by atoms with van der Waals surface area (Å²) in [6.07, 6.45) is 4.77. The topological polar surface area (TPSA) is 59.3 Å². The van der Waals surface area contributed by atoms with Crippen LogP contribution in [-0.4, -0.2) is 15.5 Å². The van der Waals surface area contributed by atoms with Gasteiger partial charge < -0.3 is 26.5 Å². The minimum absolute atomic E-state index is 0. The Balaban J connectivity index is 0.00000274. The summed E-state index contributed by atoms with van der Waals surface area (Å²) in [6.45, 7) is 2.99. The minimum atomic E-state index is 0. The van der Waals surface area contributed by atoms with Gasteiger partial charge in [0.25, 0.3) is 5.82 Å². The molecule has 0 bridgehead atoms. The molecule has 34 heavy (non-hydrogen) atoms. The van der Waals surface area contributed by atoms with Crippen molar-refractivity contribution in [3.05, 3.63) is 108 Å². The quantitative estimate of drug-likeness (QED) is 0.267. The average molecular weight is 517 g/mol. The van der Waals surface area contributed by atoms with Gasteiger partial charge in [0.05, 0.1) is 0 Å². The zero-order chi connectivity index (χ0) is 22.8. The summed E-state index contributed by atoms with van der Waals surface area (Å²) in [5, 5.41) is 10.6. The molecule has 0 spiro atoms. The van der Waals surface area contributed by atoms with E-state index in [9.17, 15) is 9.90 Å². The predicted molar refractivity (Wildman–Crippen MR) is 127 cm³/mol. The molecule has 0 atom stereocenters. The van der Waals surface area contributed by atoms with Gasteiger partial charge in [0, 0.05) is 28.5 Å². The first-order chi connectivity index (χ1) is 16.1. The molecule has 172 valence electrons. The number of rotatable bonds is 7. The molecule has 6 heteroatoms. The molecule has 0 fully saturated rings. The van der Waals surface area contributed by atoms with E-state index in [1.807, 2.05) is 53.4 Å². The lowest BCUT2D eigenvalue weighted by atomic mass is 10.1. The van der Waals surface area contributed by atoms with Crippen molar-refractivity contribution in [3.8, 4) is 17.1 Å². The fourth-order valence-corrected chi connectivity index (χ4v) is 4.33. The molecule has 3 aromatic carbocycles. The normalized spacial score (nSPS) is 10.9. The van der Waals surface area contributed by atoms with E-state index in [0.717, 1.165) is 40.1 Å². The van der Waals surface area contributed by atoms with Gasteiger partial charge in [0.2, 0.25) is 5.78 Å². The van der Waals surface area contributed by atoms with Crippen LogP contribution in [0.25, 0.3) is 22.3 Å². The summed E-state index contributed by atoms with van der Waals surface area (Å²) in [5.74, 6) is 2.10. The molecule has 0 aliphatic heterocycles. The predicted octanol–water partition coefficient (Wildman–Crippen LogP) is 2.39. The molecule has 0 unspecified atom stereocenters. The van der Waals surface area contributed by atoms with Gasteiger partial charge in [-0.3, -0.25) is 4.79 Å². The van der Waals surface area contributed by atoms with Gasteiger partial charge in [0.15, 0.2) is 6.54 Å². The second-order valence-corrected chi connectivity index (χ2v) is 8.07. The molecule has 0 aliphatic carbocycles. The third-order valence-corrected chi connectivity index (χ3v) is 5.97. The molecule has 2 heterocycles. The average Bonchev–Trinajstić information content (AvgIpc) is 3.41. The molecule has 5 rings (SSSR count). The fraction of sp³-hybridized carbons (Fsp3) is 0.143. The van der Waals surface area contributed by atoms with Crippen LogP contribution in [0.2, 0.25) is 0 Å². The number of ketones is 1. The van der Waals surface area contributed by atoms with E-state index in [2.05, 4.69) is 29.7 Å². The van der Waals surface area contributed by atoms with Crippen LogP contribution < -0.4 is 21.5 Å². The van der Waals surface area contributed by atoms with Gasteiger partial charge in [-0.1, -0.05) is 55.5 Å². The van der Waals surface area contributed by atoms with Crippen molar-refractivity contribution in [2.24, 2.45) is 0 Å². The van der Waals surface area contributed by atoms with E-state index >= 15 is 0 Å². The van der Waals surface area contributed by atoms with Gasteiger partial charge >= 0.3 is 0 Å². The number of aromatic nitrogens is 2. The minimum Gasteiger partial charge on any atom is -1.00 e. The molecule has 1 N–H and O–H groups in total. The van der Waals surface area contributed by atoms with Crippen LogP contribution in [0.15, 0.2) is 95.7 Å². The standard InChI is InChI=1S/C28H24N2O3.BrH/c1-2-27-29(16-17-30(27)19-25(32)20-12-14-22(31)15-13-20)18-24-23-10-6-7-11-26(23)33-28(24)21-8-4-3-5-9-21;/h3-17H,2,18-19H2,1H3;1H. The lowest BCUT2D eigenvalue weighted by Gasteiger charge is -2.05. The van der Waals surface area contributed by atoms with Gasteiger partial charge in [-0.25, -0.2) is 9.13 Å². The van der Waals surface area contributed by atoms with Gasteiger partial charge in [-0.05, 0) is 30.3 Å². The van der Waals surface area contributed by atoms with Crippen molar-refractivity contribution in [3.63, 3.8) is 0 Å². The van der Waals surface area contributed by atoms with Crippen molar-refractivity contribution < 1.29 is 35.9 Å². The van der Waals surface area contributed by atoms with Crippen molar-refractivity contribution in [1.82, 2.24) is 4.57 Å². The van der Waals surface area contributed by atoms with E-state index in [-0.39, 0.29) is 35.1 Å². The summed E-state index contributed by atoms with van der Waals surface area (Å²) in [6, 6.07) is 24.7. The number of carbonyl (C=O) groups is 1. The summed E-state index contributed by atoms with van der Waals surface area (Å²) < 4.78 is 10.5. The number of fused-ring (bicyclic) bond motifs is 1. The zero-order valence-electron chi connectivity index (χ0n) is 18.8. The third kappa shape index (κ3) is 4.54. The molecular formula is C28H25BrN2O3. The van der Waals surface area contributed by atoms with Crippen molar-refractivity contribution in [2.75, 3.05) is 0 Å². The Bertz CT molecular complexity index is 1420. The smallest absolute Gasteiger partial charge is 0.256 e. The number of para-hydroxylation sites is 1. The molecule has 2 aromatic heterocycles. The highest BCUT2D eigenvalue weighted by molar-refractivity contribution is 5.96. The Morgan fingerprint density at radius 2 is 1.68 bits per heavy atom. The first-order valence-electron chi connectivity index (χ1n) is 11.1. The number of imidazole rings is 1. The Kier molecular flexibility index (Phi) is 6.98. The van der Waals surface area contributed by atoms with E-state index in [0.29, 0.717) is 12.1 Å². The van der Waals surface area contributed by atoms with Gasteiger partial charge in [-0.2, -0.15) is 0 Å². The third-order valence-electron chi connectivity index (χ3n) is 5.97. The second kappa shape index (κ2) is 10.1. The number of phenols is 1. The first-order valence-corrected chi connectivity index (χ1v) is 11.1. The highest BCUT2D eigenvalue weighted by Gasteiger charge is 2.23. The van der Waals surface area contributed by atoms with Crippen LogP contribution in [0.1, 0.15) is 28.7 Å². The van der Waals surface area contributed by atoms with Crippen LogP contribution in [-0.2, 0) is 19.5 Å². The maximum atomic E-state index is 12.8. The number of aromatic hydroxyl groups is 1. The Morgan fingerprint density at radius 1 is 0.971 bits per heavy atom. The van der Waals surface area contributed by atoms with Crippen molar-refractivity contribution in [2.45, 2.75) is 26.4 Å². The molecule has 0 radical (unpaired) electrons. The highest BCUT2D eigenvalue weighted by atomic mass is 79.9. The largest absolute Gasteiger partial charge is 1.00 e.